The maximum Gasteiger partial charge on any atom is 0.410 e. The number of hydrogen-bond donors (Lipinski definition) is 0. The molecule has 1 aliphatic rings. The Morgan fingerprint density at radius 2 is 1.79 bits per heavy atom. The van der Waals surface area contributed by atoms with Crippen molar-refractivity contribution in [1.82, 2.24) is 14.8 Å². The highest BCUT2D eigenvalue weighted by molar-refractivity contribution is 5.96. The molecule has 1 aromatic carbocycles. The SMILES string of the molecule is COC(=O)c1ccc(F)c(C(=O)CC2CN(Cc3ccccc3)CCN2C(=O)OC(C)(C)C)n1. The number of aromatic nitrogens is 1. The molecule has 9 heteroatoms. The third-order valence-corrected chi connectivity index (χ3v) is 5.37. The third kappa shape index (κ3) is 6.60. The van der Waals surface area contributed by atoms with E-state index < -0.39 is 41.0 Å². The number of carbonyl (C=O) groups is 3. The molecule has 0 aliphatic carbocycles. The van der Waals surface area contributed by atoms with Crippen LogP contribution in [0.5, 0.6) is 0 Å². The Morgan fingerprint density at radius 3 is 2.44 bits per heavy atom. The normalized spacial score (nSPS) is 16.7. The van der Waals surface area contributed by atoms with Gasteiger partial charge < -0.3 is 14.4 Å². The zero-order valence-corrected chi connectivity index (χ0v) is 19.9. The topological polar surface area (TPSA) is 89.0 Å². The minimum atomic E-state index is -0.835. The molecule has 1 aliphatic heterocycles. The molecule has 182 valence electrons. The number of rotatable bonds is 6. The second-order valence-electron chi connectivity index (χ2n) is 9.19. The molecule has 2 aromatic rings. The Balaban J connectivity index is 1.82. The molecular formula is C25H30FN3O5. The van der Waals surface area contributed by atoms with E-state index in [2.05, 4.69) is 14.6 Å². The molecule has 0 spiro atoms. The van der Waals surface area contributed by atoms with Gasteiger partial charge in [0.2, 0.25) is 0 Å². The van der Waals surface area contributed by atoms with E-state index in [0.29, 0.717) is 26.2 Å². The molecule has 34 heavy (non-hydrogen) atoms. The number of ketones is 1. The number of Topliss-reactive ketones (excluding diaryl/α,β-unsaturated/α-hetero) is 1. The number of pyridine rings is 1. The quantitative estimate of drug-likeness (QED) is 0.469. The van der Waals surface area contributed by atoms with Crippen molar-refractivity contribution in [2.75, 3.05) is 26.7 Å². The molecule has 3 rings (SSSR count). The number of piperazine rings is 1. The average Bonchev–Trinajstić information content (AvgIpc) is 2.78. The lowest BCUT2D eigenvalue weighted by molar-refractivity contribution is -0.00286. The van der Waals surface area contributed by atoms with E-state index in [-0.39, 0.29) is 12.1 Å². The van der Waals surface area contributed by atoms with Gasteiger partial charge in [0.05, 0.1) is 13.2 Å². The Labute approximate surface area is 198 Å². The molecule has 8 nitrogen and oxygen atoms in total. The van der Waals surface area contributed by atoms with Crippen molar-refractivity contribution in [1.29, 1.82) is 0 Å². The summed E-state index contributed by atoms with van der Waals surface area (Å²) in [6.07, 6.45) is -0.694. The summed E-state index contributed by atoms with van der Waals surface area (Å²) in [5.74, 6) is -2.21. The molecule has 1 unspecified atom stereocenters. The molecule has 1 atom stereocenters. The van der Waals surface area contributed by atoms with Gasteiger partial charge in [0.15, 0.2) is 11.6 Å². The van der Waals surface area contributed by atoms with Crippen LogP contribution in [0.15, 0.2) is 42.5 Å². The number of carbonyl (C=O) groups excluding carboxylic acids is 3. The zero-order valence-electron chi connectivity index (χ0n) is 19.9. The number of nitrogens with zero attached hydrogens (tertiary/aromatic N) is 3. The van der Waals surface area contributed by atoms with Gasteiger partial charge in [-0.3, -0.25) is 9.69 Å². The zero-order chi connectivity index (χ0) is 24.9. The minimum Gasteiger partial charge on any atom is -0.464 e. The van der Waals surface area contributed by atoms with Gasteiger partial charge >= 0.3 is 12.1 Å². The summed E-state index contributed by atoms with van der Waals surface area (Å²) >= 11 is 0. The molecule has 1 aromatic heterocycles. The average molecular weight is 472 g/mol. The minimum absolute atomic E-state index is 0.161. The number of hydrogen-bond acceptors (Lipinski definition) is 7. The van der Waals surface area contributed by atoms with Gasteiger partial charge in [-0.25, -0.2) is 19.0 Å². The van der Waals surface area contributed by atoms with Crippen molar-refractivity contribution in [3.05, 3.63) is 65.2 Å². The first kappa shape index (κ1) is 25.3. The summed E-state index contributed by atoms with van der Waals surface area (Å²) < 4.78 is 24.6. The summed E-state index contributed by atoms with van der Waals surface area (Å²) in [4.78, 5) is 45.3. The third-order valence-electron chi connectivity index (χ3n) is 5.37. The highest BCUT2D eigenvalue weighted by Gasteiger charge is 2.35. The van der Waals surface area contributed by atoms with E-state index in [9.17, 15) is 18.8 Å². The summed E-state index contributed by atoms with van der Waals surface area (Å²) in [5, 5.41) is 0. The van der Waals surface area contributed by atoms with Crippen molar-refractivity contribution < 1.29 is 28.2 Å². The van der Waals surface area contributed by atoms with Crippen molar-refractivity contribution >= 4 is 17.8 Å². The molecule has 1 amide bonds. The second kappa shape index (κ2) is 10.7. The molecule has 0 saturated carbocycles. The van der Waals surface area contributed by atoms with E-state index >= 15 is 0 Å². The van der Waals surface area contributed by atoms with Crippen LogP contribution in [0.25, 0.3) is 0 Å². The van der Waals surface area contributed by atoms with Gasteiger partial charge in [-0.15, -0.1) is 0 Å². The van der Waals surface area contributed by atoms with Gasteiger partial charge in [0.1, 0.15) is 17.0 Å². The number of amides is 1. The van der Waals surface area contributed by atoms with Crippen LogP contribution in [-0.2, 0) is 16.0 Å². The summed E-state index contributed by atoms with van der Waals surface area (Å²) in [6, 6.07) is 11.5. The van der Waals surface area contributed by atoms with Crippen LogP contribution in [0.3, 0.4) is 0 Å². The van der Waals surface area contributed by atoms with E-state index in [1.165, 1.54) is 12.0 Å². The van der Waals surface area contributed by atoms with Crippen LogP contribution in [0.1, 0.15) is 53.7 Å². The van der Waals surface area contributed by atoms with E-state index in [4.69, 9.17) is 4.74 Å². The molecule has 2 heterocycles. The fraction of sp³-hybridized carbons (Fsp3) is 0.440. The molecule has 0 bridgehead atoms. The van der Waals surface area contributed by atoms with E-state index in [1.54, 1.807) is 20.8 Å². The largest absolute Gasteiger partial charge is 0.464 e. The van der Waals surface area contributed by atoms with Gasteiger partial charge in [-0.2, -0.15) is 0 Å². The maximum atomic E-state index is 14.4. The number of ether oxygens (including phenoxy) is 2. The highest BCUT2D eigenvalue weighted by atomic mass is 19.1. The van der Waals surface area contributed by atoms with E-state index in [0.717, 1.165) is 17.7 Å². The second-order valence-corrected chi connectivity index (χ2v) is 9.19. The van der Waals surface area contributed by atoms with Crippen molar-refractivity contribution in [3.8, 4) is 0 Å². The number of esters is 1. The lowest BCUT2D eigenvalue weighted by atomic mass is 10.0. The Morgan fingerprint density at radius 1 is 1.09 bits per heavy atom. The first-order valence-corrected chi connectivity index (χ1v) is 11.1. The van der Waals surface area contributed by atoms with Crippen LogP contribution in [0.4, 0.5) is 9.18 Å². The van der Waals surface area contributed by atoms with Gasteiger partial charge in [0, 0.05) is 32.6 Å². The predicted octanol–water partition coefficient (Wildman–Crippen LogP) is 3.70. The van der Waals surface area contributed by atoms with Crippen molar-refractivity contribution in [2.45, 2.75) is 45.4 Å². The lowest BCUT2D eigenvalue weighted by Crippen LogP contribution is -2.56. The highest BCUT2D eigenvalue weighted by Crippen LogP contribution is 2.21. The van der Waals surface area contributed by atoms with Gasteiger partial charge in [-0.05, 0) is 38.5 Å². The van der Waals surface area contributed by atoms with Gasteiger partial charge in [0.25, 0.3) is 0 Å². The Bertz CT molecular complexity index is 1040. The molecule has 1 fully saturated rings. The number of benzene rings is 1. The smallest absolute Gasteiger partial charge is 0.410 e. The van der Waals surface area contributed by atoms with Crippen LogP contribution >= 0.6 is 0 Å². The molecule has 0 radical (unpaired) electrons. The molecule has 0 N–H and O–H groups in total. The van der Waals surface area contributed by atoms with Crippen molar-refractivity contribution in [2.24, 2.45) is 0 Å². The first-order valence-electron chi connectivity index (χ1n) is 11.1. The standard InChI is InChI=1S/C25H30FN3O5/c1-25(2,3)34-24(32)29-13-12-28(15-17-8-6-5-7-9-17)16-18(29)14-21(30)22-19(26)10-11-20(27-22)23(31)33-4/h5-11,18H,12-16H2,1-4H3. The van der Waals surface area contributed by atoms with Crippen molar-refractivity contribution in [3.63, 3.8) is 0 Å². The fourth-order valence-corrected chi connectivity index (χ4v) is 3.81. The van der Waals surface area contributed by atoms with E-state index in [1.807, 2.05) is 30.3 Å². The summed E-state index contributed by atoms with van der Waals surface area (Å²) in [5.41, 5.74) is -0.204. The summed E-state index contributed by atoms with van der Waals surface area (Å²) in [7, 11) is 1.18. The van der Waals surface area contributed by atoms with Crippen LogP contribution in [0.2, 0.25) is 0 Å². The van der Waals surface area contributed by atoms with Gasteiger partial charge in [-0.1, -0.05) is 30.3 Å². The Hall–Kier alpha value is -3.33. The van der Waals surface area contributed by atoms with Crippen LogP contribution in [0, 0.1) is 5.82 Å². The predicted molar refractivity (Wildman–Crippen MR) is 123 cm³/mol. The number of methoxy groups -OCH3 is 1. The first-order chi connectivity index (χ1) is 16.1. The lowest BCUT2D eigenvalue weighted by Gasteiger charge is -2.41. The Kier molecular flexibility index (Phi) is 7.98. The number of halogens is 1. The monoisotopic (exact) mass is 471 g/mol. The fourth-order valence-electron chi connectivity index (χ4n) is 3.81. The molecule has 1 saturated heterocycles. The maximum absolute atomic E-state index is 14.4. The van der Waals surface area contributed by atoms with Crippen LogP contribution < -0.4 is 0 Å². The van der Waals surface area contributed by atoms with Crippen LogP contribution in [-0.4, -0.2) is 71.0 Å². The molecular weight excluding hydrogens is 441 g/mol. The summed E-state index contributed by atoms with van der Waals surface area (Å²) in [6.45, 7) is 7.33.